The molecule has 0 bridgehead atoms. The first kappa shape index (κ1) is 39.8. The quantitative estimate of drug-likeness (QED) is 0.0534. The molecule has 1 aliphatic rings. The van der Waals surface area contributed by atoms with Gasteiger partial charge in [-0.2, -0.15) is 0 Å². The van der Waals surface area contributed by atoms with Crippen LogP contribution in [-0.2, 0) is 23.9 Å². The number of ether oxygens (including phenoxy) is 2. The van der Waals surface area contributed by atoms with Crippen molar-refractivity contribution >= 4 is 17.7 Å². The summed E-state index contributed by atoms with van der Waals surface area (Å²) in [5.41, 5.74) is 0.180. The van der Waals surface area contributed by atoms with Crippen LogP contribution >= 0.6 is 0 Å². The number of aliphatic hydroxyl groups excluding tert-OH is 1. The Morgan fingerprint density at radius 3 is 1.59 bits per heavy atom. The minimum atomic E-state index is -1.56. The fourth-order valence-electron chi connectivity index (χ4n) is 5.66. The van der Waals surface area contributed by atoms with Crippen molar-refractivity contribution in [2.24, 2.45) is 0 Å². The lowest BCUT2D eigenvalue weighted by molar-refractivity contribution is -0.144. The van der Waals surface area contributed by atoms with Gasteiger partial charge in [0.2, 0.25) is 0 Å². The summed E-state index contributed by atoms with van der Waals surface area (Å²) in [6.45, 7) is 9.49. The van der Waals surface area contributed by atoms with Gasteiger partial charge in [-0.05, 0) is 32.6 Å². The van der Waals surface area contributed by atoms with Crippen molar-refractivity contribution in [3.05, 3.63) is 35.6 Å². The average Bonchev–Trinajstić information content (AvgIpc) is 3.26. The summed E-state index contributed by atoms with van der Waals surface area (Å²) in [4.78, 5) is 37.5. The second kappa shape index (κ2) is 26.1. The summed E-state index contributed by atoms with van der Waals surface area (Å²) in [5, 5.41) is 10.5. The van der Waals surface area contributed by atoms with E-state index >= 15 is 0 Å². The highest BCUT2D eigenvalue weighted by molar-refractivity contribution is 6.00. The molecule has 1 saturated heterocycles. The zero-order valence-corrected chi connectivity index (χ0v) is 28.5. The largest absolute Gasteiger partial charge is 0.446 e. The van der Waals surface area contributed by atoms with E-state index in [1.807, 2.05) is 0 Å². The number of hydrogen-bond donors (Lipinski definition) is 1. The number of carbonyl (C=O) groups excluding carboxylic acids is 3. The topological polar surface area (TPSA) is 89.9 Å². The number of cyclic esters (lactones) is 1. The zero-order valence-electron chi connectivity index (χ0n) is 28.5. The molecule has 2 atom stereocenters. The third kappa shape index (κ3) is 17.9. The monoisotopic (exact) mass is 616 g/mol. The van der Waals surface area contributed by atoms with Crippen LogP contribution in [0.5, 0.6) is 0 Å². The van der Waals surface area contributed by atoms with Crippen molar-refractivity contribution in [1.29, 1.82) is 0 Å². The van der Waals surface area contributed by atoms with Crippen LogP contribution in [0.1, 0.15) is 175 Å². The Labute approximate surface area is 269 Å². The minimum absolute atomic E-state index is 0.0514. The van der Waals surface area contributed by atoms with E-state index in [2.05, 4.69) is 20.4 Å². The summed E-state index contributed by atoms with van der Waals surface area (Å²) in [7, 11) is 0. The SMILES string of the molecule is C=C1OC(=O)C(=CCCCCCCCCCCCCC)[C@@H]1OC(=O)/C(=C\CCCCCCCCCCCCC)[C@H](O)C(C)=O. The highest BCUT2D eigenvalue weighted by Crippen LogP contribution is 2.28. The lowest BCUT2D eigenvalue weighted by atomic mass is 10.0. The summed E-state index contributed by atoms with van der Waals surface area (Å²) < 4.78 is 10.8. The maximum absolute atomic E-state index is 13.1. The van der Waals surface area contributed by atoms with Crippen molar-refractivity contribution in [1.82, 2.24) is 0 Å². The van der Waals surface area contributed by atoms with Crippen LogP contribution in [0.3, 0.4) is 0 Å². The van der Waals surface area contributed by atoms with Crippen LogP contribution < -0.4 is 0 Å². The van der Waals surface area contributed by atoms with Gasteiger partial charge in [0.1, 0.15) is 11.9 Å². The lowest BCUT2D eigenvalue weighted by Gasteiger charge is -2.16. The first-order valence-corrected chi connectivity index (χ1v) is 18.0. The molecule has 0 amide bonds. The van der Waals surface area contributed by atoms with E-state index in [-0.39, 0.29) is 16.9 Å². The molecule has 0 aliphatic carbocycles. The van der Waals surface area contributed by atoms with Crippen LogP contribution in [0.4, 0.5) is 0 Å². The van der Waals surface area contributed by atoms with E-state index < -0.39 is 29.9 Å². The van der Waals surface area contributed by atoms with Gasteiger partial charge in [-0.15, -0.1) is 0 Å². The van der Waals surface area contributed by atoms with Crippen molar-refractivity contribution in [3.63, 3.8) is 0 Å². The second-order valence-electron chi connectivity index (χ2n) is 12.6. The molecule has 0 aromatic carbocycles. The van der Waals surface area contributed by atoms with Crippen LogP contribution in [0.15, 0.2) is 35.6 Å². The van der Waals surface area contributed by atoms with Gasteiger partial charge in [-0.1, -0.05) is 161 Å². The molecule has 0 aromatic rings. The summed E-state index contributed by atoms with van der Waals surface area (Å²) in [6, 6.07) is 0. The third-order valence-corrected chi connectivity index (χ3v) is 8.52. The van der Waals surface area contributed by atoms with Crippen LogP contribution in [0.2, 0.25) is 0 Å². The number of rotatable bonds is 28. The van der Waals surface area contributed by atoms with Crippen LogP contribution in [0, 0.1) is 0 Å². The second-order valence-corrected chi connectivity index (χ2v) is 12.6. The van der Waals surface area contributed by atoms with Gasteiger partial charge in [-0.25, -0.2) is 9.59 Å². The maximum Gasteiger partial charge on any atom is 0.343 e. The van der Waals surface area contributed by atoms with Gasteiger partial charge in [-0.3, -0.25) is 4.79 Å². The number of hydrogen-bond acceptors (Lipinski definition) is 6. The molecule has 1 heterocycles. The van der Waals surface area contributed by atoms with Crippen LogP contribution in [-0.4, -0.2) is 35.0 Å². The van der Waals surface area contributed by atoms with Gasteiger partial charge in [0.15, 0.2) is 11.9 Å². The number of ketones is 1. The predicted molar refractivity (Wildman–Crippen MR) is 180 cm³/mol. The average molecular weight is 617 g/mol. The molecule has 1 aliphatic heterocycles. The molecule has 0 spiro atoms. The first-order valence-electron chi connectivity index (χ1n) is 18.0. The van der Waals surface area contributed by atoms with Gasteiger partial charge in [0, 0.05) is 0 Å². The van der Waals surface area contributed by atoms with E-state index in [1.165, 1.54) is 116 Å². The number of esters is 2. The Kier molecular flexibility index (Phi) is 23.6. The van der Waals surface area contributed by atoms with E-state index in [0.717, 1.165) is 32.1 Å². The standard InChI is InChI=1S/C38H64O6/c1-5-7-9-11-13-15-17-19-21-23-25-27-29-33(35(40)31(3)39)37(41)44-36-32(4)43-38(42)34(36)30-28-26-24-22-20-18-16-14-12-10-8-6-2/h29-30,35-36,40H,4-28H2,1-3H3/b33-29-,34-30?/t35-,36-/m1/s1. The van der Waals surface area contributed by atoms with E-state index in [9.17, 15) is 19.5 Å². The normalized spacial score (nSPS) is 16.9. The van der Waals surface area contributed by atoms with Gasteiger partial charge >= 0.3 is 11.9 Å². The van der Waals surface area contributed by atoms with Gasteiger partial charge < -0.3 is 14.6 Å². The fourth-order valence-corrected chi connectivity index (χ4v) is 5.66. The van der Waals surface area contributed by atoms with Gasteiger partial charge in [0.25, 0.3) is 0 Å². The molecule has 252 valence electrons. The summed E-state index contributed by atoms with van der Waals surface area (Å²) in [6.07, 6.45) is 29.1. The number of unbranched alkanes of at least 4 members (excludes halogenated alkanes) is 22. The fraction of sp³-hybridized carbons (Fsp3) is 0.763. The number of Topliss-reactive ketones (excluding diaryl/α,β-unsaturated/α-hetero) is 1. The predicted octanol–water partition coefficient (Wildman–Crippen LogP) is 10.2. The Morgan fingerprint density at radius 2 is 1.16 bits per heavy atom. The molecular weight excluding hydrogens is 552 g/mol. The van der Waals surface area contributed by atoms with Crippen molar-refractivity contribution in [2.75, 3.05) is 0 Å². The number of carbonyl (C=O) groups is 3. The molecular formula is C38H64O6. The molecule has 44 heavy (non-hydrogen) atoms. The van der Waals surface area contributed by atoms with Crippen molar-refractivity contribution in [3.8, 4) is 0 Å². The third-order valence-electron chi connectivity index (χ3n) is 8.52. The molecule has 6 heteroatoms. The van der Waals surface area contributed by atoms with E-state index in [4.69, 9.17) is 9.47 Å². The Balaban J connectivity index is 2.49. The number of aliphatic hydroxyl groups is 1. The summed E-state index contributed by atoms with van der Waals surface area (Å²) in [5.74, 6) is -1.86. The molecule has 0 saturated carbocycles. The lowest BCUT2D eigenvalue weighted by Crippen LogP contribution is -2.29. The van der Waals surface area contributed by atoms with Crippen LogP contribution in [0.25, 0.3) is 0 Å². The Hall–Kier alpha value is -2.21. The highest BCUT2D eigenvalue weighted by atomic mass is 16.6. The zero-order chi connectivity index (χ0) is 32.4. The maximum atomic E-state index is 13.1. The smallest absolute Gasteiger partial charge is 0.343 e. The first-order chi connectivity index (χ1) is 21.3. The summed E-state index contributed by atoms with van der Waals surface area (Å²) >= 11 is 0. The van der Waals surface area contributed by atoms with Crippen molar-refractivity contribution < 1.29 is 29.0 Å². The number of allylic oxidation sites excluding steroid dienone is 2. The highest BCUT2D eigenvalue weighted by Gasteiger charge is 2.38. The molecule has 1 rings (SSSR count). The van der Waals surface area contributed by atoms with E-state index in [0.29, 0.717) is 12.8 Å². The molecule has 0 radical (unpaired) electrons. The van der Waals surface area contributed by atoms with E-state index in [1.54, 1.807) is 12.2 Å². The minimum Gasteiger partial charge on any atom is -0.446 e. The molecule has 0 unspecified atom stereocenters. The molecule has 6 nitrogen and oxygen atoms in total. The molecule has 1 N–H and O–H groups in total. The molecule has 1 fully saturated rings. The Morgan fingerprint density at radius 1 is 0.750 bits per heavy atom. The van der Waals surface area contributed by atoms with Gasteiger partial charge in [0.05, 0.1) is 11.1 Å². The van der Waals surface area contributed by atoms with Crippen molar-refractivity contribution in [2.45, 2.75) is 187 Å². The molecule has 0 aromatic heterocycles. The Bertz CT molecular complexity index is 886.